The van der Waals surface area contributed by atoms with Crippen LogP contribution in [0.2, 0.25) is 0 Å². The number of ether oxygens (including phenoxy) is 2. The monoisotopic (exact) mass is 416 g/mol. The lowest BCUT2D eigenvalue weighted by molar-refractivity contribution is -0.280. The molecular formula is C15H28O13. The van der Waals surface area contributed by atoms with Gasteiger partial charge in [0, 0.05) is 0 Å². The van der Waals surface area contributed by atoms with Crippen LogP contribution in [0.5, 0.6) is 0 Å². The first kappa shape index (κ1) is 23.8. The van der Waals surface area contributed by atoms with Crippen LogP contribution in [-0.2, 0) is 9.47 Å². The Kier molecular flexibility index (Phi) is 8.08. The lowest BCUT2D eigenvalue weighted by Gasteiger charge is -2.45. The van der Waals surface area contributed by atoms with E-state index in [1.54, 1.807) is 0 Å². The van der Waals surface area contributed by atoms with Gasteiger partial charge in [-0.3, -0.25) is 0 Å². The smallest absolute Gasteiger partial charge is 0.115 e. The van der Waals surface area contributed by atoms with Gasteiger partial charge in [-0.15, -0.1) is 0 Å². The third kappa shape index (κ3) is 4.32. The third-order valence-corrected chi connectivity index (χ3v) is 5.23. The second-order valence-electron chi connectivity index (χ2n) is 7.06. The first-order valence-electron chi connectivity index (χ1n) is 8.72. The topological polar surface area (TPSA) is 241 Å². The zero-order chi connectivity index (χ0) is 21.3. The van der Waals surface area contributed by atoms with Crippen LogP contribution in [0.25, 0.3) is 0 Å². The van der Waals surface area contributed by atoms with Crippen LogP contribution in [0, 0.1) is 0 Å². The summed E-state index contributed by atoms with van der Waals surface area (Å²) in [5, 5.41) is 108. The molecule has 0 aromatic carbocycles. The molecule has 0 amide bonds. The van der Waals surface area contributed by atoms with Gasteiger partial charge in [-0.25, -0.2) is 0 Å². The molecule has 0 aromatic heterocycles. The molecule has 0 aromatic rings. The van der Waals surface area contributed by atoms with Gasteiger partial charge >= 0.3 is 0 Å². The molecule has 28 heavy (non-hydrogen) atoms. The average Bonchev–Trinajstić information content (AvgIpc) is 2.69. The molecule has 2 saturated heterocycles. The van der Waals surface area contributed by atoms with Crippen LogP contribution in [0.3, 0.4) is 0 Å². The van der Waals surface area contributed by atoms with E-state index < -0.39 is 92.6 Å². The fourth-order valence-electron chi connectivity index (χ4n) is 3.42. The Morgan fingerprint density at radius 3 is 1.14 bits per heavy atom. The van der Waals surface area contributed by atoms with Crippen LogP contribution in [0.15, 0.2) is 0 Å². The van der Waals surface area contributed by atoms with Gasteiger partial charge in [0.2, 0.25) is 0 Å². The summed E-state index contributed by atoms with van der Waals surface area (Å²) < 4.78 is 10.2. The molecular weight excluding hydrogens is 388 g/mol. The SMILES string of the molecule is OC[C@H]1OC(C(O)C(O)C(O)C2O[C@H](CO)[C@@H](O)[C@H](O)[C@H]2O)[C@H](O)[C@@H](O)[C@@H]1O. The summed E-state index contributed by atoms with van der Waals surface area (Å²) in [4.78, 5) is 0. The van der Waals surface area contributed by atoms with Crippen molar-refractivity contribution in [1.29, 1.82) is 0 Å². The molecule has 13 heteroatoms. The zero-order valence-corrected chi connectivity index (χ0v) is 14.7. The molecule has 2 heterocycles. The van der Waals surface area contributed by atoms with Gasteiger partial charge in [-0.1, -0.05) is 0 Å². The summed E-state index contributed by atoms with van der Waals surface area (Å²) in [5.74, 6) is 0. The number of hydrogen-bond acceptors (Lipinski definition) is 13. The Morgan fingerprint density at radius 1 is 0.536 bits per heavy atom. The van der Waals surface area contributed by atoms with Gasteiger partial charge in [-0.05, 0) is 0 Å². The first-order chi connectivity index (χ1) is 13.1. The van der Waals surface area contributed by atoms with E-state index in [9.17, 15) is 46.0 Å². The van der Waals surface area contributed by atoms with E-state index in [2.05, 4.69) is 0 Å². The van der Waals surface area contributed by atoms with Gasteiger partial charge in [0.1, 0.15) is 79.4 Å². The van der Waals surface area contributed by atoms with Crippen molar-refractivity contribution in [2.24, 2.45) is 0 Å². The highest BCUT2D eigenvalue weighted by atomic mass is 16.6. The van der Waals surface area contributed by atoms with Gasteiger partial charge in [0.15, 0.2) is 0 Å². The second kappa shape index (κ2) is 9.53. The number of aliphatic hydroxyl groups is 11. The lowest BCUT2D eigenvalue weighted by Crippen LogP contribution is -2.67. The van der Waals surface area contributed by atoms with E-state index in [1.807, 2.05) is 0 Å². The van der Waals surface area contributed by atoms with Crippen molar-refractivity contribution < 1.29 is 65.6 Å². The van der Waals surface area contributed by atoms with E-state index in [-0.39, 0.29) is 0 Å². The highest BCUT2D eigenvalue weighted by molar-refractivity contribution is 5.01. The van der Waals surface area contributed by atoms with E-state index in [0.717, 1.165) is 0 Å². The molecule has 166 valence electrons. The quantitative estimate of drug-likeness (QED) is 0.193. The highest BCUT2D eigenvalue weighted by Crippen LogP contribution is 2.29. The van der Waals surface area contributed by atoms with Crippen LogP contribution in [0.1, 0.15) is 0 Å². The first-order valence-corrected chi connectivity index (χ1v) is 8.72. The minimum absolute atomic E-state index is 0.778. The van der Waals surface area contributed by atoms with Crippen LogP contribution < -0.4 is 0 Å². The fraction of sp³-hybridized carbons (Fsp3) is 1.00. The predicted octanol–water partition coefficient (Wildman–Crippen LogP) is -7.25. The lowest BCUT2D eigenvalue weighted by atomic mass is 9.85. The van der Waals surface area contributed by atoms with E-state index in [4.69, 9.17) is 19.7 Å². The molecule has 0 aliphatic carbocycles. The Bertz CT molecular complexity index is 449. The fourth-order valence-corrected chi connectivity index (χ4v) is 3.42. The number of rotatable bonds is 6. The van der Waals surface area contributed by atoms with Gasteiger partial charge < -0.3 is 65.6 Å². The molecule has 13 nitrogen and oxygen atoms in total. The molecule has 11 N–H and O–H groups in total. The second-order valence-corrected chi connectivity index (χ2v) is 7.06. The van der Waals surface area contributed by atoms with E-state index >= 15 is 0 Å². The summed E-state index contributed by atoms with van der Waals surface area (Å²) >= 11 is 0. The maximum atomic E-state index is 10.3. The number of aliphatic hydroxyl groups excluding tert-OH is 11. The van der Waals surface area contributed by atoms with Gasteiger partial charge in [0.25, 0.3) is 0 Å². The van der Waals surface area contributed by atoms with E-state index in [0.29, 0.717) is 0 Å². The summed E-state index contributed by atoms with van der Waals surface area (Å²) in [7, 11) is 0. The van der Waals surface area contributed by atoms with Crippen molar-refractivity contribution in [3.63, 3.8) is 0 Å². The Morgan fingerprint density at radius 2 is 0.857 bits per heavy atom. The Hall–Kier alpha value is -0.520. The predicted molar refractivity (Wildman–Crippen MR) is 85.6 cm³/mol. The summed E-state index contributed by atoms with van der Waals surface area (Å²) in [6.07, 6.45) is -23.4. The van der Waals surface area contributed by atoms with Crippen LogP contribution in [0.4, 0.5) is 0 Å². The van der Waals surface area contributed by atoms with Crippen molar-refractivity contribution in [2.45, 2.75) is 79.4 Å². The summed E-state index contributed by atoms with van der Waals surface area (Å²) in [6.45, 7) is -1.56. The third-order valence-electron chi connectivity index (χ3n) is 5.23. The minimum atomic E-state index is -2.16. The van der Waals surface area contributed by atoms with E-state index in [1.165, 1.54) is 0 Å². The zero-order valence-electron chi connectivity index (χ0n) is 14.7. The molecule has 2 aliphatic rings. The molecule has 2 rings (SSSR count). The van der Waals surface area contributed by atoms with Crippen molar-refractivity contribution >= 4 is 0 Å². The van der Waals surface area contributed by atoms with Gasteiger partial charge in [-0.2, -0.15) is 0 Å². The maximum absolute atomic E-state index is 10.3. The van der Waals surface area contributed by atoms with Crippen molar-refractivity contribution in [1.82, 2.24) is 0 Å². The molecule has 0 saturated carbocycles. The van der Waals surface area contributed by atoms with Crippen molar-refractivity contribution in [3.8, 4) is 0 Å². The number of hydrogen-bond donors (Lipinski definition) is 11. The summed E-state index contributed by atoms with van der Waals surface area (Å²) in [6, 6.07) is 0. The minimum Gasteiger partial charge on any atom is -0.394 e. The summed E-state index contributed by atoms with van der Waals surface area (Å²) in [5.41, 5.74) is 0. The Labute approximate surface area is 159 Å². The molecule has 12 atom stereocenters. The molecule has 2 aliphatic heterocycles. The standard InChI is InChI=1S/C15H28O13/c16-1-3-5(18)7(20)10(23)14(27-3)12(25)9(22)13(26)15-11(24)8(21)6(19)4(2-17)28-15/h3-26H,1-2H2/t3-,4-,5-,6-,7+,8+,9?,10-,11-,12?,13?,14?,15?/m1/s1. The maximum Gasteiger partial charge on any atom is 0.115 e. The Balaban J connectivity index is 2.14. The molecule has 2 fully saturated rings. The van der Waals surface area contributed by atoms with Crippen molar-refractivity contribution in [3.05, 3.63) is 0 Å². The largest absolute Gasteiger partial charge is 0.394 e. The highest BCUT2D eigenvalue weighted by Gasteiger charge is 2.52. The van der Waals surface area contributed by atoms with Crippen molar-refractivity contribution in [2.75, 3.05) is 13.2 Å². The molecule has 4 unspecified atom stereocenters. The average molecular weight is 416 g/mol. The molecule has 0 spiro atoms. The van der Waals surface area contributed by atoms with Gasteiger partial charge in [0.05, 0.1) is 13.2 Å². The molecule has 0 bridgehead atoms. The molecule has 0 radical (unpaired) electrons. The van der Waals surface area contributed by atoms with Crippen LogP contribution >= 0.6 is 0 Å². The normalized spacial score (nSPS) is 48.1. The van der Waals surface area contributed by atoms with Crippen LogP contribution in [-0.4, -0.2) is 149 Å².